The van der Waals surface area contributed by atoms with Crippen LogP contribution in [0.3, 0.4) is 0 Å². The number of hydrogen-bond donors (Lipinski definition) is 0. The van der Waals surface area contributed by atoms with Crippen molar-refractivity contribution >= 4 is 11.8 Å². The molecule has 0 radical (unpaired) electrons. The predicted octanol–water partition coefficient (Wildman–Crippen LogP) is 3.06. The van der Waals surface area contributed by atoms with E-state index >= 15 is 0 Å². The highest BCUT2D eigenvalue weighted by Crippen LogP contribution is 2.22. The molecule has 2 heterocycles. The Hall–Kier alpha value is -3.21. The SMILES string of the molecule is Cc1ccccc1C1=c2nccc(-c3ccc(F)cc3F)c2=CC[N+]1=O. The minimum Gasteiger partial charge on any atom is -0.249 e. The number of nitroso groups, excluding NO2 is 1. The van der Waals surface area contributed by atoms with Crippen LogP contribution in [0, 0.1) is 23.5 Å². The van der Waals surface area contributed by atoms with Gasteiger partial charge in [0.1, 0.15) is 17.0 Å². The molecule has 1 aliphatic rings. The highest BCUT2D eigenvalue weighted by Gasteiger charge is 2.27. The number of benzene rings is 2. The highest BCUT2D eigenvalue weighted by molar-refractivity contribution is 5.69. The Kier molecular flexibility index (Phi) is 3.92. The zero-order chi connectivity index (χ0) is 18.3. The first-order valence-corrected chi connectivity index (χ1v) is 8.22. The van der Waals surface area contributed by atoms with E-state index in [1.807, 2.05) is 31.2 Å². The molecule has 0 bridgehead atoms. The Balaban J connectivity index is 2.08. The van der Waals surface area contributed by atoms with E-state index in [-0.39, 0.29) is 12.1 Å². The van der Waals surface area contributed by atoms with Gasteiger partial charge in [-0.25, -0.2) is 13.8 Å². The number of aromatic nitrogens is 1. The molecular weight excluding hydrogens is 334 g/mol. The van der Waals surface area contributed by atoms with Crippen molar-refractivity contribution in [3.63, 3.8) is 0 Å². The maximum atomic E-state index is 14.3. The van der Waals surface area contributed by atoms with Gasteiger partial charge in [0.05, 0.1) is 5.56 Å². The van der Waals surface area contributed by atoms with Gasteiger partial charge in [0.2, 0.25) is 6.54 Å². The highest BCUT2D eigenvalue weighted by atomic mass is 19.1. The molecule has 0 saturated carbocycles. The summed E-state index contributed by atoms with van der Waals surface area (Å²) < 4.78 is 28.5. The first kappa shape index (κ1) is 16.3. The van der Waals surface area contributed by atoms with Gasteiger partial charge >= 0.3 is 0 Å². The number of fused-ring (bicyclic) bond motifs is 1. The van der Waals surface area contributed by atoms with Gasteiger partial charge in [-0.15, -0.1) is 0 Å². The lowest BCUT2D eigenvalue weighted by molar-refractivity contribution is -0.440. The van der Waals surface area contributed by atoms with Crippen molar-refractivity contribution in [2.75, 3.05) is 6.54 Å². The van der Waals surface area contributed by atoms with Crippen molar-refractivity contribution in [3.8, 4) is 11.1 Å². The molecule has 2 aromatic carbocycles. The van der Waals surface area contributed by atoms with Gasteiger partial charge in [-0.2, -0.15) is 0 Å². The molecule has 0 aliphatic carbocycles. The Bertz CT molecular complexity index is 1170. The maximum absolute atomic E-state index is 14.3. The number of hydrogen-bond acceptors (Lipinski definition) is 2. The number of pyridine rings is 1. The molecule has 0 fully saturated rings. The van der Waals surface area contributed by atoms with Crippen LogP contribution in [0.25, 0.3) is 22.9 Å². The topological polar surface area (TPSA) is 33.0 Å². The molecule has 3 aromatic rings. The average Bonchev–Trinajstić information content (AvgIpc) is 2.62. The fourth-order valence-corrected chi connectivity index (χ4v) is 3.30. The molecule has 3 nitrogen and oxygen atoms in total. The van der Waals surface area contributed by atoms with Gasteiger partial charge in [-0.1, -0.05) is 18.2 Å². The zero-order valence-corrected chi connectivity index (χ0v) is 14.0. The smallest absolute Gasteiger partial charge is 0.249 e. The molecule has 1 aliphatic heterocycles. The van der Waals surface area contributed by atoms with Crippen LogP contribution in [0.4, 0.5) is 8.78 Å². The van der Waals surface area contributed by atoms with E-state index in [0.717, 1.165) is 22.0 Å². The van der Waals surface area contributed by atoms with E-state index in [1.165, 1.54) is 12.1 Å². The molecule has 0 amide bonds. The number of aryl methyl sites for hydroxylation is 1. The molecule has 128 valence electrons. The standard InChI is InChI=1S/C21H15F2N2O/c1-13-4-2-3-5-15(13)21-20-18(9-11-25(21)26)16(8-10-24-20)17-7-6-14(22)12-19(17)23/h2-10,12H,11H2,1H3/q+1. The van der Waals surface area contributed by atoms with Crippen LogP contribution in [0.1, 0.15) is 11.1 Å². The minimum absolute atomic E-state index is 0.137. The summed E-state index contributed by atoms with van der Waals surface area (Å²) in [6.45, 7) is 2.07. The van der Waals surface area contributed by atoms with Crippen LogP contribution in [-0.2, 0) is 0 Å². The van der Waals surface area contributed by atoms with E-state index < -0.39 is 11.6 Å². The summed E-state index contributed by atoms with van der Waals surface area (Å²) in [4.78, 5) is 16.9. The molecule has 0 unspecified atom stereocenters. The summed E-state index contributed by atoms with van der Waals surface area (Å²) in [5.41, 5.74) is 3.08. The van der Waals surface area contributed by atoms with Crippen molar-refractivity contribution < 1.29 is 13.5 Å². The van der Waals surface area contributed by atoms with Crippen molar-refractivity contribution in [1.29, 1.82) is 0 Å². The van der Waals surface area contributed by atoms with Gasteiger partial charge in [0, 0.05) is 32.7 Å². The minimum atomic E-state index is -0.645. The summed E-state index contributed by atoms with van der Waals surface area (Å²) >= 11 is 0. The fraction of sp³-hybridized carbons (Fsp3) is 0.0952. The molecule has 0 N–H and O–H groups in total. The van der Waals surface area contributed by atoms with Crippen LogP contribution in [0.5, 0.6) is 0 Å². The van der Waals surface area contributed by atoms with Crippen LogP contribution in [0.2, 0.25) is 0 Å². The summed E-state index contributed by atoms with van der Waals surface area (Å²) in [5.74, 6) is -1.27. The maximum Gasteiger partial charge on any atom is 0.289 e. The number of rotatable bonds is 2. The lowest BCUT2D eigenvalue weighted by atomic mass is 9.98. The Morgan fingerprint density at radius 2 is 1.81 bits per heavy atom. The number of nitrogens with zero attached hydrogens (tertiary/aromatic N) is 2. The Labute approximate surface area is 148 Å². The van der Waals surface area contributed by atoms with Crippen LogP contribution >= 0.6 is 0 Å². The summed E-state index contributed by atoms with van der Waals surface area (Å²) in [7, 11) is 0. The summed E-state index contributed by atoms with van der Waals surface area (Å²) in [6.07, 6.45) is 3.28. The van der Waals surface area contributed by atoms with Crippen LogP contribution in [-0.4, -0.2) is 16.3 Å². The van der Waals surface area contributed by atoms with E-state index in [2.05, 4.69) is 4.98 Å². The quantitative estimate of drug-likeness (QED) is 0.666. The second kappa shape index (κ2) is 6.26. The van der Waals surface area contributed by atoms with Gasteiger partial charge in [-0.05, 0) is 48.4 Å². The molecular formula is C21H15F2N2O+. The van der Waals surface area contributed by atoms with Crippen molar-refractivity contribution in [2.45, 2.75) is 6.92 Å². The summed E-state index contributed by atoms with van der Waals surface area (Å²) in [5, 5.41) is 1.19. The second-order valence-corrected chi connectivity index (χ2v) is 6.17. The van der Waals surface area contributed by atoms with E-state index in [9.17, 15) is 13.7 Å². The number of halogens is 2. The Morgan fingerprint density at radius 1 is 1.00 bits per heavy atom. The Morgan fingerprint density at radius 3 is 2.58 bits per heavy atom. The van der Waals surface area contributed by atoms with Gasteiger partial charge < -0.3 is 0 Å². The van der Waals surface area contributed by atoms with Crippen LogP contribution < -0.4 is 10.6 Å². The normalized spacial score (nSPS) is 13.3. The third-order valence-corrected chi connectivity index (χ3v) is 4.55. The van der Waals surface area contributed by atoms with Crippen molar-refractivity contribution in [2.24, 2.45) is 0 Å². The fourth-order valence-electron chi connectivity index (χ4n) is 3.30. The van der Waals surface area contributed by atoms with E-state index in [0.29, 0.717) is 21.8 Å². The largest absolute Gasteiger partial charge is 0.289 e. The van der Waals surface area contributed by atoms with Crippen molar-refractivity contribution in [3.05, 3.63) is 93.0 Å². The molecule has 5 heteroatoms. The second-order valence-electron chi connectivity index (χ2n) is 6.17. The third-order valence-electron chi connectivity index (χ3n) is 4.55. The van der Waals surface area contributed by atoms with Gasteiger partial charge in [0.15, 0.2) is 0 Å². The predicted molar refractivity (Wildman–Crippen MR) is 95.5 cm³/mol. The van der Waals surface area contributed by atoms with Gasteiger partial charge in [0.25, 0.3) is 5.70 Å². The lowest BCUT2D eigenvalue weighted by Crippen LogP contribution is -2.39. The third kappa shape index (κ3) is 2.62. The first-order chi connectivity index (χ1) is 12.6. The molecule has 0 spiro atoms. The monoisotopic (exact) mass is 349 g/mol. The van der Waals surface area contributed by atoms with E-state index in [1.54, 1.807) is 18.3 Å². The molecule has 26 heavy (non-hydrogen) atoms. The average molecular weight is 349 g/mol. The molecule has 0 saturated heterocycles. The molecule has 1 aromatic heterocycles. The lowest BCUT2D eigenvalue weighted by Gasteiger charge is -2.09. The molecule has 4 rings (SSSR count). The van der Waals surface area contributed by atoms with Crippen molar-refractivity contribution in [1.82, 2.24) is 4.98 Å². The van der Waals surface area contributed by atoms with Gasteiger partial charge in [-0.3, -0.25) is 0 Å². The van der Waals surface area contributed by atoms with Crippen LogP contribution in [0.15, 0.2) is 54.7 Å². The van der Waals surface area contributed by atoms with E-state index in [4.69, 9.17) is 0 Å². The first-order valence-electron chi connectivity index (χ1n) is 8.22. The zero-order valence-electron chi connectivity index (χ0n) is 14.0. The molecule has 0 atom stereocenters. The summed E-state index contributed by atoms with van der Waals surface area (Å²) in [6, 6.07) is 12.7.